The third-order valence-electron chi connectivity index (χ3n) is 3.21. The highest BCUT2D eigenvalue weighted by Gasteiger charge is 2.25. The molecule has 1 aromatic carbocycles. The predicted octanol–water partition coefficient (Wildman–Crippen LogP) is 4.81. The number of benzene rings is 1. The molecule has 0 spiro atoms. The second kappa shape index (κ2) is 7.11. The first-order valence-electron chi connectivity index (χ1n) is 7.05. The summed E-state index contributed by atoms with van der Waals surface area (Å²) in [6.07, 6.45) is -3.96. The highest BCUT2D eigenvalue weighted by molar-refractivity contribution is 5.27. The fourth-order valence-electron chi connectivity index (χ4n) is 1.93. The lowest BCUT2D eigenvalue weighted by Crippen LogP contribution is -2.16. The Morgan fingerprint density at radius 2 is 1.55 bits per heavy atom. The van der Waals surface area contributed by atoms with Crippen LogP contribution in [0.3, 0.4) is 0 Å². The van der Waals surface area contributed by atoms with E-state index in [1.165, 1.54) is 5.56 Å². The largest absolute Gasteiger partial charge is 0.389 e. The topological polar surface area (TPSA) is 12.0 Å². The summed E-state index contributed by atoms with van der Waals surface area (Å²) in [4.78, 5) is 0. The molecule has 0 bridgehead atoms. The van der Waals surface area contributed by atoms with Gasteiger partial charge in [-0.2, -0.15) is 13.2 Å². The van der Waals surface area contributed by atoms with Crippen molar-refractivity contribution in [1.29, 1.82) is 0 Å². The van der Waals surface area contributed by atoms with Crippen LogP contribution in [-0.4, -0.2) is 12.7 Å². The molecular formula is C16H24F3N. The molecule has 0 atom stereocenters. The maximum absolute atomic E-state index is 11.9. The second-order valence-corrected chi connectivity index (χ2v) is 6.20. The number of alkyl halides is 3. The van der Waals surface area contributed by atoms with E-state index in [-0.39, 0.29) is 11.8 Å². The minimum atomic E-state index is -4.03. The van der Waals surface area contributed by atoms with Crippen molar-refractivity contribution < 1.29 is 13.2 Å². The lowest BCUT2D eigenvalue weighted by molar-refractivity contribution is -0.135. The van der Waals surface area contributed by atoms with Crippen molar-refractivity contribution >= 4 is 0 Å². The second-order valence-electron chi connectivity index (χ2n) is 6.20. The van der Waals surface area contributed by atoms with E-state index in [0.717, 1.165) is 5.56 Å². The van der Waals surface area contributed by atoms with E-state index >= 15 is 0 Å². The third-order valence-corrected chi connectivity index (χ3v) is 3.21. The molecule has 1 N–H and O–H groups in total. The lowest BCUT2D eigenvalue weighted by atomic mass is 9.87. The van der Waals surface area contributed by atoms with Crippen molar-refractivity contribution in [3.8, 4) is 0 Å². The summed E-state index contributed by atoms with van der Waals surface area (Å²) < 4.78 is 35.8. The van der Waals surface area contributed by atoms with Crippen LogP contribution in [0.5, 0.6) is 0 Å². The van der Waals surface area contributed by atoms with Crippen molar-refractivity contribution in [2.45, 2.75) is 58.2 Å². The van der Waals surface area contributed by atoms with E-state index in [0.29, 0.717) is 19.5 Å². The molecule has 1 rings (SSSR count). The monoisotopic (exact) mass is 287 g/mol. The van der Waals surface area contributed by atoms with Crippen molar-refractivity contribution in [3.05, 3.63) is 35.4 Å². The summed E-state index contributed by atoms with van der Waals surface area (Å²) >= 11 is 0. The van der Waals surface area contributed by atoms with Gasteiger partial charge in [0, 0.05) is 13.0 Å². The summed E-state index contributed by atoms with van der Waals surface area (Å²) in [7, 11) is 0. The number of rotatable bonds is 6. The number of hydrogen-bond acceptors (Lipinski definition) is 1. The predicted molar refractivity (Wildman–Crippen MR) is 76.8 cm³/mol. The Labute approximate surface area is 119 Å². The molecular weight excluding hydrogens is 263 g/mol. The summed E-state index contributed by atoms with van der Waals surface area (Å²) in [5.74, 6) is 0. The fourth-order valence-corrected chi connectivity index (χ4v) is 1.93. The van der Waals surface area contributed by atoms with E-state index in [1.54, 1.807) is 0 Å². The Kier molecular flexibility index (Phi) is 6.06. The highest BCUT2D eigenvalue weighted by Crippen LogP contribution is 2.23. The van der Waals surface area contributed by atoms with Crippen LogP contribution in [0.4, 0.5) is 13.2 Å². The smallest absolute Gasteiger partial charge is 0.313 e. The van der Waals surface area contributed by atoms with E-state index in [4.69, 9.17) is 0 Å². The molecule has 0 aliphatic carbocycles. The van der Waals surface area contributed by atoms with Gasteiger partial charge in [0.05, 0.1) is 0 Å². The minimum absolute atomic E-state index is 0.142. The molecule has 0 aromatic heterocycles. The Morgan fingerprint density at radius 1 is 0.950 bits per heavy atom. The van der Waals surface area contributed by atoms with Crippen molar-refractivity contribution in [1.82, 2.24) is 5.32 Å². The van der Waals surface area contributed by atoms with Gasteiger partial charge in [-0.05, 0) is 35.9 Å². The first-order valence-corrected chi connectivity index (χ1v) is 7.05. The quantitative estimate of drug-likeness (QED) is 0.741. The standard InChI is InChI=1S/C16H24F3N/c1-15(2,3)14-8-6-13(7-9-14)12-20-11-5-4-10-16(17,18)19/h6-9,20H,4-5,10-12H2,1-3H3. The van der Waals surface area contributed by atoms with E-state index in [9.17, 15) is 13.2 Å². The molecule has 0 unspecified atom stereocenters. The van der Waals surface area contributed by atoms with Crippen LogP contribution >= 0.6 is 0 Å². The van der Waals surface area contributed by atoms with Gasteiger partial charge in [-0.15, -0.1) is 0 Å². The summed E-state index contributed by atoms with van der Waals surface area (Å²) in [5, 5.41) is 3.18. The normalized spacial score (nSPS) is 12.7. The average molecular weight is 287 g/mol. The van der Waals surface area contributed by atoms with Crippen LogP contribution in [-0.2, 0) is 12.0 Å². The van der Waals surface area contributed by atoms with Gasteiger partial charge in [0.1, 0.15) is 0 Å². The molecule has 0 fully saturated rings. The molecule has 0 saturated heterocycles. The minimum Gasteiger partial charge on any atom is -0.313 e. The molecule has 4 heteroatoms. The lowest BCUT2D eigenvalue weighted by Gasteiger charge is -2.19. The van der Waals surface area contributed by atoms with Gasteiger partial charge in [-0.3, -0.25) is 0 Å². The number of nitrogens with one attached hydrogen (secondary N) is 1. The molecule has 20 heavy (non-hydrogen) atoms. The van der Waals surface area contributed by atoms with Crippen LogP contribution in [0.25, 0.3) is 0 Å². The highest BCUT2D eigenvalue weighted by atomic mass is 19.4. The number of halogens is 3. The van der Waals surface area contributed by atoms with Crippen molar-refractivity contribution in [2.24, 2.45) is 0 Å². The van der Waals surface area contributed by atoms with Crippen LogP contribution in [0, 0.1) is 0 Å². The molecule has 0 aliphatic heterocycles. The average Bonchev–Trinajstić information content (AvgIpc) is 2.32. The molecule has 0 saturated carbocycles. The Hall–Kier alpha value is -1.03. The van der Waals surface area contributed by atoms with Gasteiger partial charge in [0.25, 0.3) is 0 Å². The van der Waals surface area contributed by atoms with E-state index in [1.807, 2.05) is 0 Å². The van der Waals surface area contributed by atoms with Crippen LogP contribution in [0.2, 0.25) is 0 Å². The van der Waals surface area contributed by atoms with Gasteiger partial charge >= 0.3 is 6.18 Å². The molecule has 0 heterocycles. The van der Waals surface area contributed by atoms with Crippen molar-refractivity contribution in [2.75, 3.05) is 6.54 Å². The van der Waals surface area contributed by atoms with Crippen LogP contribution in [0.15, 0.2) is 24.3 Å². The molecule has 0 radical (unpaired) electrons. The molecule has 1 aromatic rings. The maximum Gasteiger partial charge on any atom is 0.389 e. The summed E-state index contributed by atoms with van der Waals surface area (Å²) in [6, 6.07) is 8.37. The Morgan fingerprint density at radius 3 is 2.05 bits per heavy atom. The van der Waals surface area contributed by atoms with Crippen molar-refractivity contribution in [3.63, 3.8) is 0 Å². The SMILES string of the molecule is CC(C)(C)c1ccc(CNCCCCC(F)(F)F)cc1. The first kappa shape index (κ1) is 17.0. The Bertz CT molecular complexity index is 388. The van der Waals surface area contributed by atoms with Gasteiger partial charge in [-0.25, -0.2) is 0 Å². The van der Waals surface area contributed by atoms with Gasteiger partial charge in [-0.1, -0.05) is 45.0 Å². The first-order chi connectivity index (χ1) is 9.18. The van der Waals surface area contributed by atoms with Gasteiger partial charge in [0.15, 0.2) is 0 Å². The zero-order valence-electron chi connectivity index (χ0n) is 12.5. The van der Waals surface area contributed by atoms with Gasteiger partial charge in [0.2, 0.25) is 0 Å². The maximum atomic E-state index is 11.9. The summed E-state index contributed by atoms with van der Waals surface area (Å²) in [5.41, 5.74) is 2.59. The number of unbranched alkanes of at least 4 members (excludes halogenated alkanes) is 1. The third kappa shape index (κ3) is 6.94. The number of hydrogen-bond donors (Lipinski definition) is 1. The molecule has 114 valence electrons. The van der Waals surface area contributed by atoms with Crippen LogP contribution < -0.4 is 5.32 Å². The van der Waals surface area contributed by atoms with E-state index < -0.39 is 12.6 Å². The summed E-state index contributed by atoms with van der Waals surface area (Å²) in [6.45, 7) is 7.83. The van der Waals surface area contributed by atoms with Gasteiger partial charge < -0.3 is 5.32 Å². The van der Waals surface area contributed by atoms with E-state index in [2.05, 4.69) is 50.4 Å². The molecule has 0 amide bonds. The van der Waals surface area contributed by atoms with Crippen LogP contribution in [0.1, 0.15) is 51.2 Å². The Balaban J connectivity index is 2.23. The zero-order chi connectivity index (χ0) is 15.2. The molecule has 1 nitrogen and oxygen atoms in total. The zero-order valence-corrected chi connectivity index (χ0v) is 12.5. The molecule has 0 aliphatic rings. The fraction of sp³-hybridized carbons (Fsp3) is 0.625.